The molecule has 1 aromatic carbocycles. The van der Waals surface area contributed by atoms with Crippen LogP contribution in [-0.4, -0.2) is 40.1 Å². The van der Waals surface area contributed by atoms with Crippen molar-refractivity contribution in [3.05, 3.63) is 53.7 Å². The van der Waals surface area contributed by atoms with Gasteiger partial charge in [0.2, 0.25) is 0 Å². The molecule has 2 heterocycles. The van der Waals surface area contributed by atoms with E-state index in [1.165, 1.54) is 22.0 Å². The fraction of sp³-hybridized carbons (Fsp3) is 0.478. The van der Waals surface area contributed by atoms with Crippen LogP contribution in [0.5, 0.6) is 0 Å². The molecule has 0 saturated heterocycles. The number of fused-ring (bicyclic) bond motifs is 1. The van der Waals surface area contributed by atoms with Crippen LogP contribution >= 0.6 is 24.0 Å². The maximum atomic E-state index is 4.73. The molecule has 0 atom stereocenters. The van der Waals surface area contributed by atoms with E-state index in [0.29, 0.717) is 0 Å². The number of H-pyrrole nitrogens is 1. The predicted octanol–water partition coefficient (Wildman–Crippen LogP) is 4.43. The zero-order valence-electron chi connectivity index (χ0n) is 18.4. The summed E-state index contributed by atoms with van der Waals surface area (Å²) in [6, 6.07) is 6.56. The molecule has 0 saturated carbocycles. The minimum Gasteiger partial charge on any atom is -0.361 e. The molecule has 164 valence electrons. The molecule has 7 heteroatoms. The molecule has 6 nitrogen and oxygen atoms in total. The van der Waals surface area contributed by atoms with E-state index in [1.807, 2.05) is 19.3 Å². The number of rotatable bonds is 10. The van der Waals surface area contributed by atoms with Gasteiger partial charge < -0.3 is 20.2 Å². The molecule has 0 unspecified atom stereocenters. The molecule has 0 radical (unpaired) electrons. The van der Waals surface area contributed by atoms with Crippen LogP contribution in [0.4, 0.5) is 0 Å². The molecule has 3 rings (SSSR count). The van der Waals surface area contributed by atoms with Crippen LogP contribution in [0.2, 0.25) is 0 Å². The van der Waals surface area contributed by atoms with Crippen molar-refractivity contribution >= 4 is 40.8 Å². The summed E-state index contributed by atoms with van der Waals surface area (Å²) in [5, 5.41) is 8.16. The largest absolute Gasteiger partial charge is 0.361 e. The van der Waals surface area contributed by atoms with E-state index in [9.17, 15) is 0 Å². The van der Waals surface area contributed by atoms with Crippen LogP contribution in [0.3, 0.4) is 0 Å². The maximum Gasteiger partial charge on any atom is 0.191 e. The Morgan fingerprint density at radius 1 is 1.17 bits per heavy atom. The first-order valence-electron chi connectivity index (χ1n) is 10.8. The number of nitrogens with zero attached hydrogens (tertiary/aromatic N) is 3. The van der Waals surface area contributed by atoms with Crippen LogP contribution in [0.25, 0.3) is 10.9 Å². The molecule has 0 aliphatic carbocycles. The smallest absolute Gasteiger partial charge is 0.191 e. The number of aryl methyl sites for hydroxylation is 3. The molecule has 3 N–H and O–H groups in total. The van der Waals surface area contributed by atoms with Crippen molar-refractivity contribution in [1.82, 2.24) is 25.2 Å². The van der Waals surface area contributed by atoms with Gasteiger partial charge in [-0.05, 0) is 50.7 Å². The van der Waals surface area contributed by atoms with Gasteiger partial charge in [-0.3, -0.25) is 4.99 Å². The van der Waals surface area contributed by atoms with Gasteiger partial charge in [0.05, 0.1) is 0 Å². The summed E-state index contributed by atoms with van der Waals surface area (Å²) in [5.41, 5.74) is 4.01. The summed E-state index contributed by atoms with van der Waals surface area (Å²) < 4.78 is 2.19. The lowest BCUT2D eigenvalue weighted by molar-refractivity contribution is 0.600. The summed E-state index contributed by atoms with van der Waals surface area (Å²) in [5.74, 6) is 1.98. The number of halogens is 1. The second-order valence-electron chi connectivity index (χ2n) is 7.32. The Kier molecular flexibility index (Phi) is 10.2. The van der Waals surface area contributed by atoms with Crippen LogP contribution in [0.1, 0.15) is 43.6 Å². The Labute approximate surface area is 197 Å². The van der Waals surface area contributed by atoms with Crippen molar-refractivity contribution in [2.24, 2.45) is 4.99 Å². The number of guanidine groups is 1. The average molecular weight is 522 g/mol. The summed E-state index contributed by atoms with van der Waals surface area (Å²) in [4.78, 5) is 12.4. The normalized spacial score (nSPS) is 11.5. The number of hydrogen-bond acceptors (Lipinski definition) is 2. The third kappa shape index (κ3) is 6.48. The van der Waals surface area contributed by atoms with Crippen molar-refractivity contribution < 1.29 is 0 Å². The number of unbranched alkanes of at least 4 members (excludes halogenated alkanes) is 1. The van der Waals surface area contributed by atoms with E-state index in [0.717, 1.165) is 63.6 Å². The average Bonchev–Trinajstić information content (AvgIpc) is 3.33. The number of imidazole rings is 1. The van der Waals surface area contributed by atoms with E-state index in [2.05, 4.69) is 63.4 Å². The zero-order valence-corrected chi connectivity index (χ0v) is 20.7. The Hall–Kier alpha value is -2.03. The predicted molar refractivity (Wildman–Crippen MR) is 137 cm³/mol. The lowest BCUT2D eigenvalue weighted by atomic mass is 10.1. The van der Waals surface area contributed by atoms with Gasteiger partial charge in [0.1, 0.15) is 5.82 Å². The van der Waals surface area contributed by atoms with E-state index in [1.54, 1.807) is 0 Å². The Balaban J connectivity index is 0.00000320. The lowest BCUT2D eigenvalue weighted by Crippen LogP contribution is -2.38. The van der Waals surface area contributed by atoms with Crippen molar-refractivity contribution in [2.45, 2.75) is 53.0 Å². The van der Waals surface area contributed by atoms with Gasteiger partial charge in [0, 0.05) is 55.7 Å². The second kappa shape index (κ2) is 12.6. The highest BCUT2D eigenvalue weighted by molar-refractivity contribution is 14.0. The summed E-state index contributed by atoms with van der Waals surface area (Å²) >= 11 is 0. The molecule has 3 aromatic rings. The number of nitrogens with one attached hydrogen (secondary N) is 3. The Morgan fingerprint density at radius 2 is 2.03 bits per heavy atom. The molecular formula is C23H35IN6. The Morgan fingerprint density at radius 3 is 2.77 bits per heavy atom. The van der Waals surface area contributed by atoms with Crippen LogP contribution in [0.15, 0.2) is 41.8 Å². The third-order valence-corrected chi connectivity index (χ3v) is 5.30. The second-order valence-corrected chi connectivity index (χ2v) is 7.32. The molecule has 2 aromatic heterocycles. The molecule has 0 bridgehead atoms. The first-order valence-corrected chi connectivity index (χ1v) is 10.8. The van der Waals surface area contributed by atoms with Gasteiger partial charge >= 0.3 is 0 Å². The van der Waals surface area contributed by atoms with Gasteiger partial charge in [-0.15, -0.1) is 24.0 Å². The van der Waals surface area contributed by atoms with Crippen LogP contribution < -0.4 is 10.6 Å². The SMILES string of the molecule is CCNC(=NCCCCn1ccnc1C)NCCc1c[nH]c2c(CC)cccc12.I. The van der Waals surface area contributed by atoms with Crippen molar-refractivity contribution in [3.8, 4) is 0 Å². The highest BCUT2D eigenvalue weighted by Gasteiger charge is 2.07. The van der Waals surface area contributed by atoms with Crippen molar-refractivity contribution in [3.63, 3.8) is 0 Å². The first kappa shape index (κ1) is 24.2. The van der Waals surface area contributed by atoms with Gasteiger partial charge in [0.25, 0.3) is 0 Å². The number of aromatic nitrogens is 3. The standard InChI is InChI=1S/C23H34N6.HI/c1-4-19-9-8-10-21-20(17-28-22(19)21)11-13-27-23(24-5-2)26-12-6-7-15-29-16-14-25-18(29)3;/h8-10,14,16-17,28H,4-7,11-13,15H2,1-3H3,(H2,24,26,27);1H. The number of para-hydroxylation sites is 1. The topological polar surface area (TPSA) is 70.0 Å². The number of hydrogen-bond donors (Lipinski definition) is 3. The minimum absolute atomic E-state index is 0. The van der Waals surface area contributed by atoms with Crippen LogP contribution in [-0.2, 0) is 19.4 Å². The number of benzene rings is 1. The maximum absolute atomic E-state index is 4.73. The molecular weight excluding hydrogens is 487 g/mol. The van der Waals surface area contributed by atoms with Crippen molar-refractivity contribution in [1.29, 1.82) is 0 Å². The quantitative estimate of drug-likeness (QED) is 0.160. The minimum atomic E-state index is 0. The summed E-state index contributed by atoms with van der Waals surface area (Å²) in [6.45, 7) is 9.91. The fourth-order valence-corrected chi connectivity index (χ4v) is 3.66. The van der Waals surface area contributed by atoms with E-state index in [4.69, 9.17) is 4.99 Å². The lowest BCUT2D eigenvalue weighted by Gasteiger charge is -2.11. The first-order chi connectivity index (χ1) is 14.2. The molecule has 0 aliphatic heterocycles. The summed E-state index contributed by atoms with van der Waals surface area (Å²) in [6.07, 6.45) is 10.2. The monoisotopic (exact) mass is 522 g/mol. The van der Waals surface area contributed by atoms with Gasteiger partial charge in [-0.1, -0.05) is 25.1 Å². The van der Waals surface area contributed by atoms with Crippen molar-refractivity contribution in [2.75, 3.05) is 19.6 Å². The highest BCUT2D eigenvalue weighted by atomic mass is 127. The molecule has 0 fully saturated rings. The third-order valence-electron chi connectivity index (χ3n) is 5.30. The zero-order chi connectivity index (χ0) is 20.5. The molecule has 0 aliphatic rings. The van der Waals surface area contributed by atoms with E-state index >= 15 is 0 Å². The van der Waals surface area contributed by atoms with Gasteiger partial charge in [-0.2, -0.15) is 0 Å². The summed E-state index contributed by atoms with van der Waals surface area (Å²) in [7, 11) is 0. The molecule has 0 amide bonds. The number of aliphatic imine (C=N–C) groups is 1. The fourth-order valence-electron chi connectivity index (χ4n) is 3.66. The van der Waals surface area contributed by atoms with E-state index in [-0.39, 0.29) is 24.0 Å². The molecule has 0 spiro atoms. The van der Waals surface area contributed by atoms with Gasteiger partial charge in [0.15, 0.2) is 5.96 Å². The highest BCUT2D eigenvalue weighted by Crippen LogP contribution is 2.22. The number of aromatic amines is 1. The van der Waals surface area contributed by atoms with E-state index < -0.39 is 0 Å². The van der Waals surface area contributed by atoms with Crippen LogP contribution in [0, 0.1) is 6.92 Å². The molecule has 30 heavy (non-hydrogen) atoms. The van der Waals surface area contributed by atoms with Gasteiger partial charge in [-0.25, -0.2) is 4.98 Å². The Bertz CT molecular complexity index is 927.